The molecule has 0 spiro atoms. The Morgan fingerprint density at radius 3 is 2.33 bits per heavy atom. The Morgan fingerprint density at radius 2 is 1.78 bits per heavy atom. The molecule has 0 saturated heterocycles. The van der Waals surface area contributed by atoms with Gasteiger partial charge in [-0.25, -0.2) is 18.4 Å². The zero-order valence-electron chi connectivity index (χ0n) is 15.0. The number of hydrogen-bond acceptors (Lipinski definition) is 4. The number of benzene rings is 2. The Balaban J connectivity index is 2.32. The lowest BCUT2D eigenvalue weighted by atomic mass is 10.1. The van der Waals surface area contributed by atoms with Gasteiger partial charge in [0.1, 0.15) is 17.8 Å². The van der Waals surface area contributed by atoms with Crippen LogP contribution in [0.4, 0.5) is 19.3 Å². The minimum absolute atomic E-state index is 0.160. The Morgan fingerprint density at radius 1 is 1.15 bits per heavy atom. The largest absolute Gasteiger partial charge is 0.483 e. The number of carbonyl (C=O) groups excluding carboxylic acids is 1. The lowest BCUT2D eigenvalue weighted by Gasteiger charge is -2.20. The van der Waals surface area contributed by atoms with E-state index in [9.17, 15) is 23.5 Å². The van der Waals surface area contributed by atoms with E-state index in [1.807, 2.05) is 0 Å². The molecular formula is C19H19F2NO5. The van der Waals surface area contributed by atoms with Gasteiger partial charge in [0.05, 0.1) is 5.69 Å². The normalized spacial score (nSPS) is 11.0. The molecule has 0 atom stereocenters. The number of aromatic carboxylic acids is 1. The first-order valence-electron chi connectivity index (χ1n) is 8.00. The second-order valence-electron chi connectivity index (χ2n) is 6.63. The van der Waals surface area contributed by atoms with Gasteiger partial charge in [-0.15, -0.1) is 0 Å². The van der Waals surface area contributed by atoms with Crippen LogP contribution in [-0.4, -0.2) is 22.8 Å². The summed E-state index contributed by atoms with van der Waals surface area (Å²) in [5, 5.41) is 11.3. The van der Waals surface area contributed by atoms with E-state index in [1.54, 1.807) is 51.1 Å². The highest BCUT2D eigenvalue weighted by atomic mass is 19.1. The summed E-state index contributed by atoms with van der Waals surface area (Å²) < 4.78 is 39.0. The van der Waals surface area contributed by atoms with Crippen molar-refractivity contribution in [2.45, 2.75) is 33.0 Å². The van der Waals surface area contributed by atoms with Gasteiger partial charge in [0, 0.05) is 6.07 Å². The van der Waals surface area contributed by atoms with Crippen LogP contribution in [-0.2, 0) is 11.3 Å². The molecule has 2 rings (SSSR count). The number of halogens is 2. The zero-order chi connectivity index (χ0) is 20.2. The van der Waals surface area contributed by atoms with Gasteiger partial charge >= 0.3 is 12.1 Å². The molecule has 0 radical (unpaired) electrons. The minimum atomic E-state index is -1.69. The molecule has 2 N–H and O–H groups in total. The minimum Gasteiger partial charge on any atom is -0.483 e. The van der Waals surface area contributed by atoms with E-state index >= 15 is 0 Å². The van der Waals surface area contributed by atoms with Gasteiger partial charge in [0.25, 0.3) is 0 Å². The molecule has 0 bridgehead atoms. The third-order valence-corrected chi connectivity index (χ3v) is 3.25. The van der Waals surface area contributed by atoms with Gasteiger partial charge in [0.2, 0.25) is 0 Å². The fraction of sp³-hybridized carbons (Fsp3) is 0.263. The number of carbonyl (C=O) groups is 2. The van der Waals surface area contributed by atoms with E-state index < -0.39 is 46.3 Å². The van der Waals surface area contributed by atoms with Gasteiger partial charge in [-0.3, -0.25) is 5.32 Å². The van der Waals surface area contributed by atoms with E-state index in [1.165, 1.54) is 0 Å². The highest BCUT2D eigenvalue weighted by Gasteiger charge is 2.27. The summed E-state index contributed by atoms with van der Waals surface area (Å²) in [5.74, 6) is -5.11. The van der Waals surface area contributed by atoms with Gasteiger partial charge in [-0.05, 0) is 26.3 Å². The molecule has 0 aromatic heterocycles. The molecule has 27 heavy (non-hydrogen) atoms. The third kappa shape index (κ3) is 5.40. The molecule has 0 unspecified atom stereocenters. The molecule has 1 amide bonds. The Kier molecular flexibility index (Phi) is 5.99. The Labute approximate surface area is 154 Å². The van der Waals surface area contributed by atoms with Crippen molar-refractivity contribution in [1.29, 1.82) is 0 Å². The molecule has 0 heterocycles. The van der Waals surface area contributed by atoms with Gasteiger partial charge < -0.3 is 14.6 Å². The summed E-state index contributed by atoms with van der Waals surface area (Å²) in [6, 6.07) is 9.27. The summed E-state index contributed by atoms with van der Waals surface area (Å²) in [6.07, 6.45) is -1.04. The van der Waals surface area contributed by atoms with Crippen molar-refractivity contribution in [1.82, 2.24) is 0 Å². The van der Waals surface area contributed by atoms with Crippen molar-refractivity contribution < 1.29 is 33.0 Å². The Bertz CT molecular complexity index is 847. The molecule has 6 nitrogen and oxygen atoms in total. The number of rotatable bonds is 5. The van der Waals surface area contributed by atoms with Crippen LogP contribution in [0.1, 0.15) is 36.7 Å². The number of ether oxygens (including phenoxy) is 2. The molecule has 0 fully saturated rings. The molecule has 2 aromatic carbocycles. The highest BCUT2D eigenvalue weighted by Crippen LogP contribution is 2.32. The fourth-order valence-electron chi connectivity index (χ4n) is 2.18. The smallest absolute Gasteiger partial charge is 0.412 e. The summed E-state index contributed by atoms with van der Waals surface area (Å²) in [7, 11) is 0. The predicted molar refractivity (Wildman–Crippen MR) is 93.9 cm³/mol. The van der Waals surface area contributed by atoms with Crippen LogP contribution in [0, 0.1) is 11.6 Å². The molecular weight excluding hydrogens is 360 g/mol. The fourth-order valence-corrected chi connectivity index (χ4v) is 2.18. The van der Waals surface area contributed by atoms with Gasteiger partial charge in [-0.2, -0.15) is 0 Å². The molecule has 0 aliphatic heterocycles. The van der Waals surface area contributed by atoms with Crippen LogP contribution < -0.4 is 10.1 Å². The average Bonchev–Trinajstić information content (AvgIpc) is 2.53. The van der Waals surface area contributed by atoms with Crippen LogP contribution in [0.15, 0.2) is 36.4 Å². The van der Waals surface area contributed by atoms with Gasteiger partial charge in [0.15, 0.2) is 17.4 Å². The van der Waals surface area contributed by atoms with Crippen LogP contribution >= 0.6 is 0 Å². The lowest BCUT2D eigenvalue weighted by Crippen LogP contribution is -2.28. The quantitative estimate of drug-likeness (QED) is 0.794. The maximum atomic E-state index is 14.6. The molecule has 0 aliphatic carbocycles. The number of anilines is 1. The van der Waals surface area contributed by atoms with E-state index in [4.69, 9.17) is 9.47 Å². The lowest BCUT2D eigenvalue weighted by molar-refractivity contribution is 0.0636. The van der Waals surface area contributed by atoms with Crippen LogP contribution in [0.3, 0.4) is 0 Å². The summed E-state index contributed by atoms with van der Waals surface area (Å²) in [4.78, 5) is 23.3. The highest BCUT2D eigenvalue weighted by molar-refractivity contribution is 5.99. The van der Waals surface area contributed by atoms with E-state index in [0.717, 1.165) is 0 Å². The van der Waals surface area contributed by atoms with Crippen LogP contribution in [0.2, 0.25) is 0 Å². The van der Waals surface area contributed by atoms with Crippen molar-refractivity contribution in [3.05, 3.63) is 59.2 Å². The third-order valence-electron chi connectivity index (χ3n) is 3.25. The predicted octanol–water partition coefficient (Wildman–Crippen LogP) is 4.59. The molecule has 8 heteroatoms. The number of nitrogens with one attached hydrogen (secondary N) is 1. The Hall–Kier alpha value is -3.16. The molecule has 0 aliphatic rings. The van der Waals surface area contributed by atoms with Crippen LogP contribution in [0.25, 0.3) is 0 Å². The molecule has 2 aromatic rings. The number of carboxylic acids is 1. The summed E-state index contributed by atoms with van der Waals surface area (Å²) in [6.45, 7) is 4.61. The maximum Gasteiger partial charge on any atom is 0.412 e. The SMILES string of the molecule is CC(C)(C)OC(=O)Nc1cc(F)c(OCc2ccccc2)c(F)c1C(=O)O. The number of hydrogen-bond donors (Lipinski definition) is 2. The summed E-state index contributed by atoms with van der Waals surface area (Å²) >= 11 is 0. The molecule has 0 saturated carbocycles. The van der Waals surface area contributed by atoms with E-state index in [-0.39, 0.29) is 6.61 Å². The van der Waals surface area contributed by atoms with Crippen molar-refractivity contribution in [2.24, 2.45) is 0 Å². The maximum absolute atomic E-state index is 14.6. The van der Waals surface area contributed by atoms with E-state index in [2.05, 4.69) is 5.32 Å². The van der Waals surface area contributed by atoms with Crippen LogP contribution in [0.5, 0.6) is 5.75 Å². The first-order chi connectivity index (χ1) is 12.6. The zero-order valence-corrected chi connectivity index (χ0v) is 15.0. The number of carboxylic acid groups (broad SMARTS) is 1. The van der Waals surface area contributed by atoms with Crippen molar-refractivity contribution in [3.63, 3.8) is 0 Å². The monoisotopic (exact) mass is 379 g/mol. The topological polar surface area (TPSA) is 84.9 Å². The number of amides is 1. The summed E-state index contributed by atoms with van der Waals surface area (Å²) in [5.41, 5.74) is -1.73. The first-order valence-corrected chi connectivity index (χ1v) is 8.00. The van der Waals surface area contributed by atoms with Crippen molar-refractivity contribution >= 4 is 17.7 Å². The molecule has 144 valence electrons. The first kappa shape index (κ1) is 20.2. The van der Waals surface area contributed by atoms with Gasteiger partial charge in [-0.1, -0.05) is 30.3 Å². The second kappa shape index (κ2) is 8.03. The van der Waals surface area contributed by atoms with Crippen molar-refractivity contribution in [2.75, 3.05) is 5.32 Å². The second-order valence-corrected chi connectivity index (χ2v) is 6.63. The van der Waals surface area contributed by atoms with Crippen molar-refractivity contribution in [3.8, 4) is 5.75 Å². The van der Waals surface area contributed by atoms with E-state index in [0.29, 0.717) is 11.6 Å². The average molecular weight is 379 g/mol. The standard InChI is InChI=1S/C19H19F2NO5/c1-19(2,3)27-18(25)22-13-9-12(20)16(15(21)14(13)17(23)24)26-10-11-7-5-4-6-8-11/h4-9H,10H2,1-3H3,(H,22,25)(H,23,24).